The SMILES string of the molecule is CCCCCCNC(=O)c1cc(-c2ccccc2)nc2ccccc12. The molecule has 0 fully saturated rings. The molecule has 0 saturated carbocycles. The molecule has 3 aromatic rings. The van der Waals surface area contributed by atoms with E-state index in [1.165, 1.54) is 12.8 Å². The van der Waals surface area contributed by atoms with Crippen molar-refractivity contribution in [3.8, 4) is 11.3 Å². The Kier molecular flexibility index (Phi) is 5.78. The molecule has 3 heteroatoms. The molecule has 128 valence electrons. The Bertz CT molecular complexity index is 843. The number of pyridine rings is 1. The molecule has 25 heavy (non-hydrogen) atoms. The van der Waals surface area contributed by atoms with Gasteiger partial charge in [0.05, 0.1) is 16.8 Å². The number of hydrogen-bond acceptors (Lipinski definition) is 2. The predicted molar refractivity (Wildman–Crippen MR) is 104 cm³/mol. The molecule has 3 nitrogen and oxygen atoms in total. The summed E-state index contributed by atoms with van der Waals surface area (Å²) in [7, 11) is 0. The second-order valence-electron chi connectivity index (χ2n) is 6.25. The van der Waals surface area contributed by atoms with Crippen LogP contribution in [0.1, 0.15) is 43.0 Å². The van der Waals surface area contributed by atoms with Crippen molar-refractivity contribution in [3.63, 3.8) is 0 Å². The van der Waals surface area contributed by atoms with Gasteiger partial charge in [-0.1, -0.05) is 74.7 Å². The Morgan fingerprint density at radius 2 is 1.72 bits per heavy atom. The fraction of sp³-hybridized carbons (Fsp3) is 0.273. The van der Waals surface area contributed by atoms with E-state index >= 15 is 0 Å². The molecule has 0 aliphatic rings. The van der Waals surface area contributed by atoms with E-state index in [2.05, 4.69) is 12.2 Å². The van der Waals surface area contributed by atoms with Crippen molar-refractivity contribution >= 4 is 16.8 Å². The first kappa shape index (κ1) is 17.2. The lowest BCUT2D eigenvalue weighted by Crippen LogP contribution is -2.24. The summed E-state index contributed by atoms with van der Waals surface area (Å²) in [5.74, 6) is -0.0210. The molecule has 0 aliphatic carbocycles. The molecular formula is C22H24N2O. The quantitative estimate of drug-likeness (QED) is 0.603. The van der Waals surface area contributed by atoms with Crippen LogP contribution in [0.2, 0.25) is 0 Å². The Hall–Kier alpha value is -2.68. The summed E-state index contributed by atoms with van der Waals surface area (Å²) in [4.78, 5) is 17.5. The molecule has 1 N–H and O–H groups in total. The summed E-state index contributed by atoms with van der Waals surface area (Å²) in [6, 6.07) is 19.7. The first-order valence-electron chi connectivity index (χ1n) is 9.03. The molecule has 1 amide bonds. The van der Waals surface area contributed by atoms with Gasteiger partial charge in [0.15, 0.2) is 0 Å². The number of nitrogens with zero attached hydrogens (tertiary/aromatic N) is 1. The highest BCUT2D eigenvalue weighted by Crippen LogP contribution is 2.24. The number of carbonyl (C=O) groups excluding carboxylic acids is 1. The average Bonchev–Trinajstić information content (AvgIpc) is 2.67. The molecule has 1 aromatic heterocycles. The minimum atomic E-state index is -0.0210. The smallest absolute Gasteiger partial charge is 0.252 e. The van der Waals surface area contributed by atoms with Gasteiger partial charge in [0.1, 0.15) is 0 Å². The number of fused-ring (bicyclic) bond motifs is 1. The number of aromatic nitrogens is 1. The van der Waals surface area contributed by atoms with Crippen LogP contribution in [0, 0.1) is 0 Å². The Labute approximate surface area is 149 Å². The van der Waals surface area contributed by atoms with Crippen LogP contribution >= 0.6 is 0 Å². The lowest BCUT2D eigenvalue weighted by molar-refractivity contribution is 0.0954. The molecule has 1 heterocycles. The fourth-order valence-corrected chi connectivity index (χ4v) is 2.97. The Morgan fingerprint density at radius 3 is 2.52 bits per heavy atom. The monoisotopic (exact) mass is 332 g/mol. The number of carbonyl (C=O) groups is 1. The summed E-state index contributed by atoms with van der Waals surface area (Å²) in [6.07, 6.45) is 4.59. The molecule has 0 aliphatic heterocycles. The average molecular weight is 332 g/mol. The third kappa shape index (κ3) is 4.24. The first-order valence-corrected chi connectivity index (χ1v) is 9.03. The van der Waals surface area contributed by atoms with E-state index in [9.17, 15) is 4.79 Å². The maximum Gasteiger partial charge on any atom is 0.252 e. The summed E-state index contributed by atoms with van der Waals surface area (Å²) < 4.78 is 0. The van der Waals surface area contributed by atoms with E-state index in [1.807, 2.05) is 60.7 Å². The molecule has 2 aromatic carbocycles. The lowest BCUT2D eigenvalue weighted by Gasteiger charge is -2.10. The van der Waals surface area contributed by atoms with Crippen LogP contribution in [-0.2, 0) is 0 Å². The Balaban J connectivity index is 1.89. The fourth-order valence-electron chi connectivity index (χ4n) is 2.97. The van der Waals surface area contributed by atoms with Crippen LogP contribution in [0.5, 0.6) is 0 Å². The molecule has 0 saturated heterocycles. The van der Waals surface area contributed by atoms with Gasteiger partial charge in [-0.3, -0.25) is 4.79 Å². The van der Waals surface area contributed by atoms with Gasteiger partial charge in [-0.05, 0) is 18.6 Å². The summed E-state index contributed by atoms with van der Waals surface area (Å²) >= 11 is 0. The number of unbranched alkanes of at least 4 members (excludes halogenated alkanes) is 3. The zero-order chi connectivity index (χ0) is 17.5. The molecule has 0 atom stereocenters. The van der Waals surface area contributed by atoms with E-state index in [-0.39, 0.29) is 5.91 Å². The number of rotatable bonds is 7. The van der Waals surface area contributed by atoms with Crippen LogP contribution in [0.15, 0.2) is 60.7 Å². The number of hydrogen-bond donors (Lipinski definition) is 1. The van der Waals surface area contributed by atoms with Crippen molar-refractivity contribution in [3.05, 3.63) is 66.2 Å². The van der Waals surface area contributed by atoms with Crippen molar-refractivity contribution in [2.45, 2.75) is 32.6 Å². The summed E-state index contributed by atoms with van der Waals surface area (Å²) in [5.41, 5.74) is 3.39. The first-order chi connectivity index (χ1) is 12.3. The maximum atomic E-state index is 12.7. The van der Waals surface area contributed by atoms with Gasteiger partial charge in [-0.2, -0.15) is 0 Å². The number of para-hydroxylation sites is 1. The van der Waals surface area contributed by atoms with E-state index < -0.39 is 0 Å². The van der Waals surface area contributed by atoms with Gasteiger partial charge in [-0.15, -0.1) is 0 Å². The van der Waals surface area contributed by atoms with E-state index in [1.54, 1.807) is 0 Å². The minimum absolute atomic E-state index is 0.0210. The van der Waals surface area contributed by atoms with E-state index in [0.29, 0.717) is 5.56 Å². The minimum Gasteiger partial charge on any atom is -0.352 e. The van der Waals surface area contributed by atoms with E-state index in [4.69, 9.17) is 4.98 Å². The van der Waals surface area contributed by atoms with Gasteiger partial charge < -0.3 is 5.32 Å². The number of nitrogens with one attached hydrogen (secondary N) is 1. The molecule has 0 radical (unpaired) electrons. The van der Waals surface area contributed by atoms with Crippen molar-refractivity contribution in [1.29, 1.82) is 0 Å². The summed E-state index contributed by atoms with van der Waals surface area (Å²) in [6.45, 7) is 2.91. The summed E-state index contributed by atoms with van der Waals surface area (Å²) in [5, 5.41) is 3.96. The highest BCUT2D eigenvalue weighted by molar-refractivity contribution is 6.07. The Morgan fingerprint density at radius 1 is 0.960 bits per heavy atom. The van der Waals surface area contributed by atoms with Crippen LogP contribution in [-0.4, -0.2) is 17.4 Å². The van der Waals surface area contributed by atoms with Crippen LogP contribution in [0.3, 0.4) is 0 Å². The van der Waals surface area contributed by atoms with Gasteiger partial charge in [-0.25, -0.2) is 4.98 Å². The van der Waals surface area contributed by atoms with Crippen molar-refractivity contribution < 1.29 is 4.79 Å². The van der Waals surface area contributed by atoms with Crippen molar-refractivity contribution in [2.75, 3.05) is 6.54 Å². The molecule has 3 rings (SSSR count). The molecule has 0 bridgehead atoms. The maximum absolute atomic E-state index is 12.7. The normalized spacial score (nSPS) is 10.8. The topological polar surface area (TPSA) is 42.0 Å². The standard InChI is InChI=1S/C22H24N2O/c1-2-3-4-10-15-23-22(25)19-16-21(17-11-6-5-7-12-17)24-20-14-9-8-13-18(19)20/h5-9,11-14,16H,2-4,10,15H2,1H3,(H,23,25). The highest BCUT2D eigenvalue weighted by Gasteiger charge is 2.13. The number of benzene rings is 2. The van der Waals surface area contributed by atoms with Gasteiger partial charge in [0, 0.05) is 17.5 Å². The molecule has 0 unspecified atom stereocenters. The molecular weight excluding hydrogens is 308 g/mol. The predicted octanol–water partition coefficient (Wildman–Crippen LogP) is 5.21. The van der Waals surface area contributed by atoms with Crippen LogP contribution < -0.4 is 5.32 Å². The van der Waals surface area contributed by atoms with Gasteiger partial charge >= 0.3 is 0 Å². The van der Waals surface area contributed by atoms with Crippen LogP contribution in [0.4, 0.5) is 0 Å². The van der Waals surface area contributed by atoms with Gasteiger partial charge in [0.2, 0.25) is 0 Å². The van der Waals surface area contributed by atoms with Crippen molar-refractivity contribution in [1.82, 2.24) is 10.3 Å². The zero-order valence-corrected chi connectivity index (χ0v) is 14.7. The molecule has 0 spiro atoms. The van der Waals surface area contributed by atoms with Gasteiger partial charge in [0.25, 0.3) is 5.91 Å². The highest BCUT2D eigenvalue weighted by atomic mass is 16.1. The third-order valence-electron chi connectivity index (χ3n) is 4.35. The van der Waals surface area contributed by atoms with Crippen LogP contribution in [0.25, 0.3) is 22.2 Å². The second-order valence-corrected chi connectivity index (χ2v) is 6.25. The van der Waals surface area contributed by atoms with E-state index in [0.717, 1.165) is 41.5 Å². The zero-order valence-electron chi connectivity index (χ0n) is 14.7. The lowest BCUT2D eigenvalue weighted by atomic mass is 10.0. The second kappa shape index (κ2) is 8.43. The third-order valence-corrected chi connectivity index (χ3v) is 4.35. The van der Waals surface area contributed by atoms with Crippen molar-refractivity contribution in [2.24, 2.45) is 0 Å². The largest absolute Gasteiger partial charge is 0.352 e. The number of amides is 1.